The normalized spacial score (nSPS) is 24.4. The molecular weight excluding hydrogens is 264 g/mol. The van der Waals surface area contributed by atoms with Gasteiger partial charge in [-0.15, -0.1) is 0 Å². The second kappa shape index (κ2) is 8.62. The molecule has 0 bridgehead atoms. The first-order chi connectivity index (χ1) is 9.81. The Balaban J connectivity index is 2.47. The Morgan fingerprint density at radius 3 is 2.43 bits per heavy atom. The van der Waals surface area contributed by atoms with Gasteiger partial charge in [0.1, 0.15) is 5.60 Å². The first-order valence-electron chi connectivity index (χ1n) is 8.57. The first-order valence-corrected chi connectivity index (χ1v) is 8.57. The third-order valence-electron chi connectivity index (χ3n) is 3.96. The first kappa shape index (κ1) is 18.3. The van der Waals surface area contributed by atoms with Crippen molar-refractivity contribution in [2.75, 3.05) is 0 Å². The molecule has 1 saturated carbocycles. The number of carbonyl (C=O) groups is 1. The lowest BCUT2D eigenvalue weighted by Crippen LogP contribution is -2.54. The van der Waals surface area contributed by atoms with Crippen LogP contribution in [0.5, 0.6) is 0 Å². The van der Waals surface area contributed by atoms with Gasteiger partial charge >= 0.3 is 6.09 Å². The quantitative estimate of drug-likeness (QED) is 0.779. The molecule has 3 atom stereocenters. The second-order valence-electron chi connectivity index (χ2n) is 7.35. The molecule has 0 aliphatic heterocycles. The molecule has 0 aromatic heterocycles. The van der Waals surface area contributed by atoms with Crippen molar-refractivity contribution in [1.29, 1.82) is 0 Å². The largest absolute Gasteiger partial charge is 0.444 e. The van der Waals surface area contributed by atoms with Crippen LogP contribution in [0.15, 0.2) is 0 Å². The van der Waals surface area contributed by atoms with E-state index >= 15 is 0 Å². The molecule has 0 spiro atoms. The highest BCUT2D eigenvalue weighted by atomic mass is 16.6. The number of ether oxygens (including phenoxy) is 1. The fraction of sp³-hybridized carbons (Fsp3) is 0.941. The van der Waals surface area contributed by atoms with Crippen LogP contribution in [-0.4, -0.2) is 29.8 Å². The second-order valence-corrected chi connectivity index (χ2v) is 7.35. The lowest BCUT2D eigenvalue weighted by Gasteiger charge is -2.35. The Bertz CT molecular complexity index is 312. The van der Waals surface area contributed by atoms with E-state index in [0.717, 1.165) is 12.8 Å². The number of rotatable bonds is 6. The average molecular weight is 298 g/mol. The van der Waals surface area contributed by atoms with E-state index in [1.807, 2.05) is 20.8 Å². The van der Waals surface area contributed by atoms with E-state index in [2.05, 4.69) is 24.5 Å². The van der Waals surface area contributed by atoms with Crippen molar-refractivity contribution in [3.63, 3.8) is 0 Å². The summed E-state index contributed by atoms with van der Waals surface area (Å²) < 4.78 is 5.38. The molecule has 1 amide bonds. The van der Waals surface area contributed by atoms with Crippen LogP contribution in [0.2, 0.25) is 0 Å². The number of unbranched alkanes of at least 4 members (excludes halogenated alkanes) is 1. The molecule has 4 nitrogen and oxygen atoms in total. The zero-order chi connectivity index (χ0) is 15.9. The number of carbonyl (C=O) groups excluding carboxylic acids is 1. The standard InChI is InChI=1S/C17H34N2O2/c1-6-7-10-13(2)18-14-11-8-9-12-15(14)19-16(20)21-17(3,4)5/h13-15,18H,6-12H2,1-5H3,(H,19,20)/t13?,14-,15-/m1/s1. The molecule has 0 radical (unpaired) electrons. The van der Waals surface area contributed by atoms with Gasteiger partial charge in [0.05, 0.1) is 0 Å². The fourth-order valence-corrected chi connectivity index (χ4v) is 2.92. The van der Waals surface area contributed by atoms with E-state index < -0.39 is 5.60 Å². The van der Waals surface area contributed by atoms with Crippen LogP contribution in [0.25, 0.3) is 0 Å². The Morgan fingerprint density at radius 2 is 1.86 bits per heavy atom. The Kier molecular flexibility index (Phi) is 7.50. The van der Waals surface area contributed by atoms with E-state index in [1.165, 1.54) is 32.1 Å². The molecule has 0 aromatic carbocycles. The van der Waals surface area contributed by atoms with Crippen LogP contribution in [0.1, 0.15) is 79.6 Å². The number of amides is 1. The molecule has 0 heterocycles. The van der Waals surface area contributed by atoms with Crippen molar-refractivity contribution in [1.82, 2.24) is 10.6 Å². The van der Waals surface area contributed by atoms with Gasteiger partial charge in [0, 0.05) is 18.1 Å². The van der Waals surface area contributed by atoms with E-state index in [0.29, 0.717) is 12.1 Å². The van der Waals surface area contributed by atoms with Crippen molar-refractivity contribution >= 4 is 6.09 Å². The highest BCUT2D eigenvalue weighted by Crippen LogP contribution is 2.20. The van der Waals surface area contributed by atoms with Crippen molar-refractivity contribution in [2.24, 2.45) is 0 Å². The molecule has 1 rings (SSSR count). The Morgan fingerprint density at radius 1 is 1.24 bits per heavy atom. The van der Waals surface area contributed by atoms with E-state index in [1.54, 1.807) is 0 Å². The number of hydrogen-bond acceptors (Lipinski definition) is 3. The van der Waals surface area contributed by atoms with Gasteiger partial charge in [-0.1, -0.05) is 32.6 Å². The van der Waals surface area contributed by atoms with E-state index in [9.17, 15) is 4.79 Å². The number of hydrogen-bond donors (Lipinski definition) is 2. The summed E-state index contributed by atoms with van der Waals surface area (Å²) in [6, 6.07) is 1.08. The SMILES string of the molecule is CCCCC(C)N[C@@H]1CCCC[C@H]1NC(=O)OC(C)(C)C. The van der Waals surface area contributed by atoms with Gasteiger partial charge in [-0.05, 0) is 47.0 Å². The summed E-state index contributed by atoms with van der Waals surface area (Å²) in [6.07, 6.45) is 8.00. The third-order valence-corrected chi connectivity index (χ3v) is 3.96. The van der Waals surface area contributed by atoms with Crippen molar-refractivity contribution < 1.29 is 9.53 Å². The van der Waals surface area contributed by atoms with E-state index in [4.69, 9.17) is 4.74 Å². The summed E-state index contributed by atoms with van der Waals surface area (Å²) >= 11 is 0. The molecule has 1 aliphatic rings. The highest BCUT2D eigenvalue weighted by molar-refractivity contribution is 5.68. The van der Waals surface area contributed by atoms with Crippen LogP contribution >= 0.6 is 0 Å². The van der Waals surface area contributed by atoms with Crippen LogP contribution in [-0.2, 0) is 4.74 Å². The van der Waals surface area contributed by atoms with Gasteiger partial charge < -0.3 is 15.4 Å². The fourth-order valence-electron chi connectivity index (χ4n) is 2.92. The van der Waals surface area contributed by atoms with Gasteiger partial charge in [-0.3, -0.25) is 0 Å². The summed E-state index contributed by atoms with van der Waals surface area (Å²) in [7, 11) is 0. The molecule has 1 aliphatic carbocycles. The molecular formula is C17H34N2O2. The molecule has 1 unspecified atom stereocenters. The average Bonchev–Trinajstić information content (AvgIpc) is 2.36. The molecule has 124 valence electrons. The minimum absolute atomic E-state index is 0.192. The van der Waals surface area contributed by atoms with Gasteiger partial charge in [0.15, 0.2) is 0 Å². The predicted octanol–water partition coefficient (Wildman–Crippen LogP) is 3.99. The maximum Gasteiger partial charge on any atom is 0.407 e. The molecule has 21 heavy (non-hydrogen) atoms. The summed E-state index contributed by atoms with van der Waals surface area (Å²) in [6.45, 7) is 10.2. The van der Waals surface area contributed by atoms with E-state index in [-0.39, 0.29) is 12.1 Å². The number of alkyl carbamates (subject to hydrolysis) is 1. The topological polar surface area (TPSA) is 50.4 Å². The minimum Gasteiger partial charge on any atom is -0.444 e. The summed E-state index contributed by atoms with van der Waals surface area (Å²) in [4.78, 5) is 12.0. The van der Waals surface area contributed by atoms with Crippen LogP contribution in [0, 0.1) is 0 Å². The maximum absolute atomic E-state index is 12.0. The number of nitrogens with one attached hydrogen (secondary N) is 2. The van der Waals surface area contributed by atoms with Gasteiger partial charge in [-0.25, -0.2) is 4.79 Å². The zero-order valence-corrected chi connectivity index (χ0v) is 14.5. The van der Waals surface area contributed by atoms with Crippen molar-refractivity contribution in [2.45, 2.75) is 103 Å². The molecule has 0 aromatic rings. The van der Waals surface area contributed by atoms with Crippen LogP contribution in [0.3, 0.4) is 0 Å². The highest BCUT2D eigenvalue weighted by Gasteiger charge is 2.28. The van der Waals surface area contributed by atoms with Crippen molar-refractivity contribution in [3.8, 4) is 0 Å². The Hall–Kier alpha value is -0.770. The van der Waals surface area contributed by atoms with Crippen molar-refractivity contribution in [3.05, 3.63) is 0 Å². The van der Waals surface area contributed by atoms with Gasteiger partial charge in [-0.2, -0.15) is 0 Å². The van der Waals surface area contributed by atoms with Gasteiger partial charge in [0.25, 0.3) is 0 Å². The zero-order valence-electron chi connectivity index (χ0n) is 14.5. The molecule has 1 fully saturated rings. The summed E-state index contributed by atoms with van der Waals surface area (Å²) in [5.74, 6) is 0. The minimum atomic E-state index is -0.434. The lowest BCUT2D eigenvalue weighted by molar-refractivity contribution is 0.0477. The summed E-state index contributed by atoms with van der Waals surface area (Å²) in [5.41, 5.74) is -0.434. The smallest absolute Gasteiger partial charge is 0.407 e. The van der Waals surface area contributed by atoms with Crippen LogP contribution in [0.4, 0.5) is 4.79 Å². The molecule has 2 N–H and O–H groups in total. The predicted molar refractivity (Wildman–Crippen MR) is 87.5 cm³/mol. The summed E-state index contributed by atoms with van der Waals surface area (Å²) in [5, 5.41) is 6.76. The third kappa shape index (κ3) is 7.70. The maximum atomic E-state index is 12.0. The molecule has 4 heteroatoms. The van der Waals surface area contributed by atoms with Gasteiger partial charge in [0.2, 0.25) is 0 Å². The monoisotopic (exact) mass is 298 g/mol. The molecule has 0 saturated heterocycles. The lowest BCUT2D eigenvalue weighted by atomic mass is 9.89. The van der Waals surface area contributed by atoms with Crippen LogP contribution < -0.4 is 10.6 Å². The Labute approximate surface area is 130 Å².